The molecule has 1 atom stereocenters. The fourth-order valence-corrected chi connectivity index (χ4v) is 2.47. The molecule has 1 amide bonds. The smallest absolute Gasteiger partial charge is 0.328 e. The Hall–Kier alpha value is -3.28. The maximum atomic E-state index is 12.3. The molecule has 1 N–H and O–H groups in total. The lowest BCUT2D eigenvalue weighted by atomic mass is 10.1. The summed E-state index contributed by atoms with van der Waals surface area (Å²) in [5.41, 5.74) is 2.58. The van der Waals surface area contributed by atoms with Crippen molar-refractivity contribution in [3.63, 3.8) is 0 Å². The molecule has 0 aliphatic heterocycles. The van der Waals surface area contributed by atoms with E-state index in [1.165, 1.54) is 7.11 Å². The molecule has 25 heavy (non-hydrogen) atoms. The van der Waals surface area contributed by atoms with Gasteiger partial charge >= 0.3 is 5.97 Å². The highest BCUT2D eigenvalue weighted by Gasteiger charge is 2.23. The highest BCUT2D eigenvalue weighted by atomic mass is 16.5. The van der Waals surface area contributed by atoms with Crippen LogP contribution in [0.15, 0.2) is 60.8 Å². The van der Waals surface area contributed by atoms with Crippen LogP contribution in [0.4, 0.5) is 0 Å². The number of hydrogen-bond acceptors (Lipinski definition) is 5. The fraction of sp³-hybridized carbons (Fsp3) is 0.158. The molecule has 1 aromatic heterocycles. The Morgan fingerprint density at radius 2 is 1.72 bits per heavy atom. The zero-order valence-electron chi connectivity index (χ0n) is 13.7. The van der Waals surface area contributed by atoms with Gasteiger partial charge in [-0.15, -0.1) is 0 Å². The number of aromatic nitrogens is 2. The zero-order chi connectivity index (χ0) is 17.6. The number of rotatable bonds is 5. The maximum Gasteiger partial charge on any atom is 0.328 e. The predicted octanol–water partition coefficient (Wildman–Crippen LogP) is 2.14. The number of amides is 1. The van der Waals surface area contributed by atoms with Crippen LogP contribution in [0.5, 0.6) is 0 Å². The summed E-state index contributed by atoms with van der Waals surface area (Å²) >= 11 is 0. The summed E-state index contributed by atoms with van der Waals surface area (Å²) in [5, 5.41) is 2.70. The molecule has 0 aliphatic carbocycles. The Morgan fingerprint density at radius 3 is 2.44 bits per heavy atom. The second kappa shape index (κ2) is 7.53. The van der Waals surface area contributed by atoms with Crippen molar-refractivity contribution in [1.29, 1.82) is 0 Å². The van der Waals surface area contributed by atoms with Crippen LogP contribution in [0.2, 0.25) is 0 Å². The molecule has 0 fully saturated rings. The van der Waals surface area contributed by atoms with Gasteiger partial charge < -0.3 is 10.1 Å². The van der Waals surface area contributed by atoms with Crippen molar-refractivity contribution in [2.45, 2.75) is 12.5 Å². The van der Waals surface area contributed by atoms with Gasteiger partial charge in [0, 0.05) is 18.2 Å². The van der Waals surface area contributed by atoms with Crippen LogP contribution in [-0.4, -0.2) is 35.0 Å². The molecule has 6 nitrogen and oxygen atoms in total. The van der Waals surface area contributed by atoms with E-state index in [4.69, 9.17) is 4.74 Å². The number of nitrogens with zero attached hydrogens (tertiary/aromatic N) is 2. The van der Waals surface area contributed by atoms with Gasteiger partial charge in [0.1, 0.15) is 6.04 Å². The van der Waals surface area contributed by atoms with E-state index >= 15 is 0 Å². The molecule has 3 aromatic rings. The van der Waals surface area contributed by atoms with Crippen molar-refractivity contribution in [2.24, 2.45) is 0 Å². The summed E-state index contributed by atoms with van der Waals surface area (Å²) in [6.45, 7) is 0. The summed E-state index contributed by atoms with van der Waals surface area (Å²) in [4.78, 5) is 33.2. The standard InChI is InChI=1S/C19H17N3O3/c1-25-19(24)17(22-18(23)13-7-3-2-4-8-13)11-14-12-20-15-9-5-6-10-16(15)21-14/h2-10,12,17H,11H2,1H3,(H,22,23)/t17-/m1/s1. The number of fused-ring (bicyclic) bond motifs is 1. The van der Waals surface area contributed by atoms with E-state index in [2.05, 4.69) is 15.3 Å². The molecular formula is C19H17N3O3. The van der Waals surface area contributed by atoms with Gasteiger partial charge in [0.25, 0.3) is 5.91 Å². The number of ether oxygens (including phenoxy) is 1. The van der Waals surface area contributed by atoms with Crippen LogP contribution < -0.4 is 5.32 Å². The second-order valence-electron chi connectivity index (χ2n) is 5.47. The number of esters is 1. The quantitative estimate of drug-likeness (QED) is 0.723. The average molecular weight is 335 g/mol. The summed E-state index contributed by atoms with van der Waals surface area (Å²) in [6, 6.07) is 15.3. The first-order valence-electron chi connectivity index (χ1n) is 7.82. The van der Waals surface area contributed by atoms with Crippen LogP contribution in [-0.2, 0) is 16.0 Å². The number of carbonyl (C=O) groups is 2. The summed E-state index contributed by atoms with van der Waals surface area (Å²) < 4.78 is 4.81. The molecule has 126 valence electrons. The Labute approximate surface area is 144 Å². The van der Waals surface area contributed by atoms with E-state index in [1.54, 1.807) is 30.5 Å². The molecule has 0 bridgehead atoms. The van der Waals surface area contributed by atoms with Crippen LogP contribution >= 0.6 is 0 Å². The summed E-state index contributed by atoms with van der Waals surface area (Å²) in [5.74, 6) is -0.871. The topological polar surface area (TPSA) is 81.2 Å². The van der Waals surface area contributed by atoms with E-state index in [0.29, 0.717) is 11.3 Å². The van der Waals surface area contributed by atoms with Crippen molar-refractivity contribution in [2.75, 3.05) is 7.11 Å². The average Bonchev–Trinajstić information content (AvgIpc) is 2.67. The Balaban J connectivity index is 1.80. The van der Waals surface area contributed by atoms with E-state index in [0.717, 1.165) is 11.0 Å². The minimum Gasteiger partial charge on any atom is -0.467 e. The van der Waals surface area contributed by atoms with Gasteiger partial charge in [-0.25, -0.2) is 9.78 Å². The van der Waals surface area contributed by atoms with Gasteiger partial charge in [-0.3, -0.25) is 9.78 Å². The summed E-state index contributed by atoms with van der Waals surface area (Å²) in [6.07, 6.45) is 1.80. The molecule has 6 heteroatoms. The molecule has 0 saturated heterocycles. The highest BCUT2D eigenvalue weighted by molar-refractivity contribution is 5.96. The SMILES string of the molecule is COC(=O)[C@@H](Cc1cnc2ccccc2n1)NC(=O)c1ccccc1. The van der Waals surface area contributed by atoms with Gasteiger partial charge in [0.15, 0.2) is 0 Å². The number of para-hydroxylation sites is 2. The van der Waals surface area contributed by atoms with Crippen molar-refractivity contribution in [1.82, 2.24) is 15.3 Å². The highest BCUT2D eigenvalue weighted by Crippen LogP contribution is 2.10. The Kier molecular flexibility index (Phi) is 4.99. The predicted molar refractivity (Wildman–Crippen MR) is 93.0 cm³/mol. The van der Waals surface area contributed by atoms with E-state index < -0.39 is 12.0 Å². The minimum atomic E-state index is -0.840. The lowest BCUT2D eigenvalue weighted by molar-refractivity contribution is -0.142. The second-order valence-corrected chi connectivity index (χ2v) is 5.47. The van der Waals surface area contributed by atoms with Gasteiger partial charge in [0.2, 0.25) is 0 Å². The number of methoxy groups -OCH3 is 1. The molecule has 0 unspecified atom stereocenters. The number of hydrogen-bond donors (Lipinski definition) is 1. The van der Waals surface area contributed by atoms with Gasteiger partial charge in [-0.05, 0) is 24.3 Å². The lowest BCUT2D eigenvalue weighted by Gasteiger charge is -2.16. The molecule has 0 radical (unpaired) electrons. The van der Waals surface area contributed by atoms with Gasteiger partial charge in [-0.2, -0.15) is 0 Å². The van der Waals surface area contributed by atoms with Crippen molar-refractivity contribution in [3.05, 3.63) is 72.1 Å². The molecule has 3 rings (SSSR count). The largest absolute Gasteiger partial charge is 0.467 e. The maximum absolute atomic E-state index is 12.3. The molecule has 0 saturated carbocycles. The van der Waals surface area contributed by atoms with Crippen molar-refractivity contribution in [3.8, 4) is 0 Å². The van der Waals surface area contributed by atoms with Crippen LogP contribution in [0.3, 0.4) is 0 Å². The number of carbonyl (C=O) groups excluding carboxylic acids is 2. The van der Waals surface area contributed by atoms with E-state index in [-0.39, 0.29) is 12.3 Å². The van der Waals surface area contributed by atoms with Crippen LogP contribution in [0.25, 0.3) is 11.0 Å². The van der Waals surface area contributed by atoms with Gasteiger partial charge in [-0.1, -0.05) is 30.3 Å². The number of nitrogens with one attached hydrogen (secondary N) is 1. The van der Waals surface area contributed by atoms with Crippen LogP contribution in [0.1, 0.15) is 16.1 Å². The van der Waals surface area contributed by atoms with Crippen LogP contribution in [0, 0.1) is 0 Å². The minimum absolute atomic E-state index is 0.198. The molecule has 2 aromatic carbocycles. The third-order valence-corrected chi connectivity index (χ3v) is 3.74. The third-order valence-electron chi connectivity index (χ3n) is 3.74. The monoisotopic (exact) mass is 335 g/mol. The first-order valence-corrected chi connectivity index (χ1v) is 7.82. The van der Waals surface area contributed by atoms with E-state index in [1.807, 2.05) is 30.3 Å². The summed E-state index contributed by atoms with van der Waals surface area (Å²) in [7, 11) is 1.29. The Morgan fingerprint density at radius 1 is 1.04 bits per heavy atom. The first-order chi connectivity index (χ1) is 12.2. The lowest BCUT2D eigenvalue weighted by Crippen LogP contribution is -2.43. The van der Waals surface area contributed by atoms with Crippen molar-refractivity contribution < 1.29 is 14.3 Å². The molecule has 0 spiro atoms. The number of benzene rings is 2. The van der Waals surface area contributed by atoms with Crippen molar-refractivity contribution >= 4 is 22.9 Å². The first kappa shape index (κ1) is 16.6. The third kappa shape index (κ3) is 3.98. The molecular weight excluding hydrogens is 318 g/mol. The Bertz CT molecular complexity index is 897. The molecule has 1 heterocycles. The normalized spacial score (nSPS) is 11.7. The van der Waals surface area contributed by atoms with E-state index in [9.17, 15) is 9.59 Å². The van der Waals surface area contributed by atoms with Gasteiger partial charge in [0.05, 0.1) is 23.8 Å². The molecule has 0 aliphatic rings. The zero-order valence-corrected chi connectivity index (χ0v) is 13.7. The fourth-order valence-electron chi connectivity index (χ4n) is 2.47.